The maximum absolute atomic E-state index is 14.4. The van der Waals surface area contributed by atoms with Crippen molar-refractivity contribution in [2.45, 2.75) is 156 Å². The van der Waals surface area contributed by atoms with Crippen LogP contribution in [0.15, 0.2) is 0 Å². The number of aliphatic hydroxyl groups is 1. The highest BCUT2D eigenvalue weighted by Crippen LogP contribution is 2.57. The second-order valence-electron chi connectivity index (χ2n) is 16.5. The fourth-order valence-corrected chi connectivity index (χ4v) is 7.89. The molecule has 15 heteroatoms. The van der Waals surface area contributed by atoms with E-state index in [2.05, 4.69) is 0 Å². The van der Waals surface area contributed by atoms with E-state index in [1.54, 1.807) is 27.7 Å². The topological polar surface area (TPSA) is 152 Å². The molecule has 0 radical (unpaired) electrons. The van der Waals surface area contributed by atoms with Gasteiger partial charge in [0, 0.05) is 6.42 Å². The Morgan fingerprint density at radius 1 is 0.923 bits per heavy atom. The van der Waals surface area contributed by atoms with E-state index in [-0.39, 0.29) is 44.8 Å². The number of carbonyl (C=O) groups is 5. The number of halogens is 4. The van der Waals surface area contributed by atoms with E-state index in [0.29, 0.717) is 6.42 Å². The molecule has 3 aliphatic rings. The van der Waals surface area contributed by atoms with Crippen LogP contribution in [0.1, 0.15) is 126 Å². The molecule has 0 aromatic carbocycles. The van der Waals surface area contributed by atoms with Gasteiger partial charge in [-0.05, 0) is 90.4 Å². The molecule has 7 unspecified atom stereocenters. The number of esters is 5. The van der Waals surface area contributed by atoms with Crippen molar-refractivity contribution in [3.05, 3.63) is 0 Å². The van der Waals surface area contributed by atoms with E-state index in [1.807, 2.05) is 6.92 Å². The Hall–Kier alpha value is -2.97. The summed E-state index contributed by atoms with van der Waals surface area (Å²) in [5.41, 5.74) is -5.94. The first-order valence-electron chi connectivity index (χ1n) is 18.3. The minimum absolute atomic E-state index is 0.0118. The predicted octanol–water partition coefficient (Wildman–Crippen LogP) is 6.70. The van der Waals surface area contributed by atoms with E-state index in [4.69, 9.17) is 23.7 Å². The molecule has 0 bridgehead atoms. The van der Waals surface area contributed by atoms with Gasteiger partial charge in [0.15, 0.2) is 0 Å². The number of alkyl halides is 4. The molecular formula is C37H56F4O11. The standard InChI is InChI=1S/C37H56F4O11/c1-9-34(13-10-11-14-34)52-27(42)24(5)23(4)19-33(8,30(45)51-26-12-16-48-28(26)43)35(15-17-49-31(35)46)21-32(6,7)29(44)50-25(18-22(2)3)20-36(38,47)37(39,40)41/h22-26,47H,9-21H2,1-8H3. The highest BCUT2D eigenvalue weighted by molar-refractivity contribution is 5.91. The average molecular weight is 753 g/mol. The molecule has 2 heterocycles. The van der Waals surface area contributed by atoms with Crippen LogP contribution in [-0.4, -0.2) is 78.0 Å². The van der Waals surface area contributed by atoms with E-state index in [9.17, 15) is 46.6 Å². The maximum atomic E-state index is 14.4. The summed E-state index contributed by atoms with van der Waals surface area (Å²) in [6.45, 7) is 12.6. The van der Waals surface area contributed by atoms with Crippen LogP contribution in [0.3, 0.4) is 0 Å². The Morgan fingerprint density at radius 3 is 2.02 bits per heavy atom. The first-order chi connectivity index (χ1) is 23.9. The normalized spacial score (nSPS) is 26.1. The molecule has 0 spiro atoms. The van der Waals surface area contributed by atoms with E-state index in [1.165, 1.54) is 20.8 Å². The van der Waals surface area contributed by atoms with Gasteiger partial charge in [-0.2, -0.15) is 13.2 Å². The van der Waals surface area contributed by atoms with Crippen LogP contribution in [-0.2, 0) is 47.7 Å². The fraction of sp³-hybridized carbons (Fsp3) is 0.865. The SMILES string of the molecule is CCC1(OC(=O)C(C)C(C)CC(C)(C(=O)OC2CCOC2=O)C2(CC(C)(C)C(=O)OC(CC(C)C)CC(O)(F)C(F)(F)F)CCOC2=O)CCCC1. The molecule has 1 aliphatic carbocycles. The summed E-state index contributed by atoms with van der Waals surface area (Å²) >= 11 is 0. The molecule has 1 N–H and O–H groups in total. The quantitative estimate of drug-likeness (QED) is 0.0961. The zero-order valence-electron chi connectivity index (χ0n) is 31.6. The van der Waals surface area contributed by atoms with Crippen LogP contribution < -0.4 is 0 Å². The van der Waals surface area contributed by atoms with Crippen LogP contribution in [0.5, 0.6) is 0 Å². The van der Waals surface area contributed by atoms with Crippen molar-refractivity contribution >= 4 is 29.8 Å². The Labute approximate surface area is 303 Å². The second-order valence-corrected chi connectivity index (χ2v) is 16.5. The minimum atomic E-state index is -5.65. The van der Waals surface area contributed by atoms with Gasteiger partial charge >= 0.3 is 41.9 Å². The van der Waals surface area contributed by atoms with Crippen molar-refractivity contribution in [2.24, 2.45) is 34.0 Å². The van der Waals surface area contributed by atoms with Crippen LogP contribution in [0.4, 0.5) is 17.6 Å². The first-order valence-corrected chi connectivity index (χ1v) is 18.3. The van der Waals surface area contributed by atoms with E-state index in [0.717, 1.165) is 25.7 Å². The van der Waals surface area contributed by atoms with Crippen molar-refractivity contribution in [1.82, 2.24) is 0 Å². The Balaban J connectivity index is 2.00. The monoisotopic (exact) mass is 752 g/mol. The van der Waals surface area contributed by atoms with Crippen molar-refractivity contribution in [2.75, 3.05) is 13.2 Å². The van der Waals surface area contributed by atoms with Gasteiger partial charge in [0.1, 0.15) is 11.7 Å². The fourth-order valence-electron chi connectivity index (χ4n) is 7.89. The van der Waals surface area contributed by atoms with Crippen LogP contribution in [0, 0.1) is 34.0 Å². The van der Waals surface area contributed by atoms with Gasteiger partial charge in [-0.15, -0.1) is 0 Å². The molecule has 0 aromatic rings. The lowest BCUT2D eigenvalue weighted by molar-refractivity contribution is -0.323. The lowest BCUT2D eigenvalue weighted by Crippen LogP contribution is -2.54. The first kappa shape index (κ1) is 43.4. The van der Waals surface area contributed by atoms with E-state index < -0.39 is 101 Å². The molecule has 298 valence electrons. The summed E-state index contributed by atoms with van der Waals surface area (Å²) in [6.07, 6.45) is -7.04. The van der Waals surface area contributed by atoms with Gasteiger partial charge in [0.05, 0.1) is 41.8 Å². The summed E-state index contributed by atoms with van der Waals surface area (Å²) in [5, 5.41) is 9.57. The Bertz CT molecular complexity index is 1320. The number of hydrogen-bond donors (Lipinski definition) is 1. The summed E-state index contributed by atoms with van der Waals surface area (Å²) in [5.74, 6) is -10.5. The van der Waals surface area contributed by atoms with Crippen molar-refractivity contribution in [3.8, 4) is 0 Å². The number of cyclic esters (lactones) is 2. The van der Waals surface area contributed by atoms with Gasteiger partial charge in [0.2, 0.25) is 6.10 Å². The molecule has 3 rings (SSSR count). The lowest BCUT2D eigenvalue weighted by atomic mass is 9.54. The maximum Gasteiger partial charge on any atom is 0.448 e. The molecular weight excluding hydrogens is 696 g/mol. The predicted molar refractivity (Wildman–Crippen MR) is 177 cm³/mol. The third-order valence-electron chi connectivity index (χ3n) is 11.5. The second kappa shape index (κ2) is 16.2. The van der Waals surface area contributed by atoms with Crippen molar-refractivity contribution in [3.63, 3.8) is 0 Å². The third-order valence-corrected chi connectivity index (χ3v) is 11.5. The van der Waals surface area contributed by atoms with Crippen molar-refractivity contribution in [1.29, 1.82) is 0 Å². The van der Waals surface area contributed by atoms with Crippen LogP contribution in [0.2, 0.25) is 0 Å². The van der Waals surface area contributed by atoms with Gasteiger partial charge in [-0.3, -0.25) is 19.2 Å². The molecule has 52 heavy (non-hydrogen) atoms. The Kier molecular flexibility index (Phi) is 13.5. The van der Waals surface area contributed by atoms with Gasteiger partial charge in [-0.25, -0.2) is 9.18 Å². The third kappa shape index (κ3) is 9.39. The molecule has 11 nitrogen and oxygen atoms in total. The van der Waals surface area contributed by atoms with Crippen LogP contribution >= 0.6 is 0 Å². The molecule has 7 atom stereocenters. The summed E-state index contributed by atoms with van der Waals surface area (Å²) in [6, 6.07) is 0. The Morgan fingerprint density at radius 2 is 1.54 bits per heavy atom. The molecule has 2 saturated heterocycles. The number of rotatable bonds is 17. The highest BCUT2D eigenvalue weighted by atomic mass is 19.4. The average Bonchev–Trinajstić information content (AvgIpc) is 3.76. The summed E-state index contributed by atoms with van der Waals surface area (Å²) in [7, 11) is 0. The number of hydrogen-bond acceptors (Lipinski definition) is 11. The van der Waals surface area contributed by atoms with Gasteiger partial charge in [-0.1, -0.05) is 34.6 Å². The minimum Gasteiger partial charge on any atom is -0.465 e. The van der Waals surface area contributed by atoms with E-state index >= 15 is 0 Å². The molecule has 0 aromatic heterocycles. The molecule has 3 fully saturated rings. The van der Waals surface area contributed by atoms with Gasteiger partial charge in [0.25, 0.3) is 0 Å². The zero-order chi connectivity index (χ0) is 39.5. The molecule has 1 saturated carbocycles. The largest absolute Gasteiger partial charge is 0.465 e. The highest BCUT2D eigenvalue weighted by Gasteiger charge is 2.65. The summed E-state index contributed by atoms with van der Waals surface area (Å²) in [4.78, 5) is 68.0. The van der Waals surface area contributed by atoms with Crippen molar-refractivity contribution < 1.29 is 70.3 Å². The van der Waals surface area contributed by atoms with Crippen LogP contribution in [0.25, 0.3) is 0 Å². The number of ether oxygens (including phenoxy) is 5. The summed E-state index contributed by atoms with van der Waals surface area (Å²) < 4.78 is 81.8. The smallest absolute Gasteiger partial charge is 0.448 e. The molecule has 2 aliphatic heterocycles. The number of carbonyl (C=O) groups excluding carboxylic acids is 5. The lowest BCUT2D eigenvalue weighted by Gasteiger charge is -2.46. The zero-order valence-corrected chi connectivity index (χ0v) is 31.6. The molecule has 0 amide bonds. The van der Waals surface area contributed by atoms with Gasteiger partial charge < -0.3 is 28.8 Å².